The zero-order chi connectivity index (χ0) is 15.2. The Hall–Kier alpha value is -1.89. The maximum absolute atomic E-state index is 11.6. The zero-order valence-electron chi connectivity index (χ0n) is 11.4. The zero-order valence-corrected chi connectivity index (χ0v) is 12.2. The highest BCUT2D eigenvalue weighted by Crippen LogP contribution is 2.15. The van der Waals surface area contributed by atoms with Crippen molar-refractivity contribution in [3.05, 3.63) is 24.3 Å². The summed E-state index contributed by atoms with van der Waals surface area (Å²) in [4.78, 5) is 22.6. The number of anilines is 1. The summed E-state index contributed by atoms with van der Waals surface area (Å²) in [5.41, 5.74) is 0.481. The van der Waals surface area contributed by atoms with Gasteiger partial charge in [-0.3, -0.25) is 9.59 Å². The summed E-state index contributed by atoms with van der Waals surface area (Å²) in [6.07, 6.45) is 0.0202. The minimum atomic E-state index is -3.24. The topological polar surface area (TPSA) is 89.5 Å². The predicted octanol–water partition coefficient (Wildman–Crippen LogP) is 1.37. The normalized spacial score (nSPS) is 10.9. The Morgan fingerprint density at radius 2 is 1.75 bits per heavy atom. The van der Waals surface area contributed by atoms with Gasteiger partial charge < -0.3 is 10.1 Å². The van der Waals surface area contributed by atoms with Crippen LogP contribution in [0.25, 0.3) is 0 Å². The molecule has 0 atom stereocenters. The van der Waals surface area contributed by atoms with E-state index in [1.807, 2.05) is 0 Å². The molecule has 0 aliphatic heterocycles. The van der Waals surface area contributed by atoms with E-state index in [1.54, 1.807) is 6.92 Å². The van der Waals surface area contributed by atoms with E-state index in [9.17, 15) is 18.0 Å². The molecule has 1 aromatic rings. The molecule has 110 valence electrons. The molecular weight excluding hydrogens is 282 g/mol. The lowest BCUT2D eigenvalue weighted by Crippen LogP contribution is -2.14. The van der Waals surface area contributed by atoms with Gasteiger partial charge in [-0.25, -0.2) is 8.42 Å². The van der Waals surface area contributed by atoms with Crippen LogP contribution in [-0.2, 0) is 24.2 Å². The van der Waals surface area contributed by atoms with E-state index in [0.717, 1.165) is 0 Å². The van der Waals surface area contributed by atoms with Crippen LogP contribution in [0.3, 0.4) is 0 Å². The molecule has 0 unspecified atom stereocenters. The van der Waals surface area contributed by atoms with Crippen LogP contribution in [0.15, 0.2) is 29.2 Å². The fraction of sp³-hybridized carbons (Fsp3) is 0.385. The number of sulfone groups is 1. The third-order valence-corrected chi connectivity index (χ3v) is 4.41. The van der Waals surface area contributed by atoms with E-state index in [2.05, 4.69) is 10.1 Å². The maximum atomic E-state index is 11.6. The molecule has 0 bridgehead atoms. The van der Waals surface area contributed by atoms with Crippen LogP contribution in [-0.4, -0.2) is 33.2 Å². The summed E-state index contributed by atoms with van der Waals surface area (Å²) in [5.74, 6) is -0.760. The maximum Gasteiger partial charge on any atom is 0.306 e. The van der Waals surface area contributed by atoms with Crippen molar-refractivity contribution >= 4 is 27.4 Å². The molecule has 1 aromatic carbocycles. The molecule has 0 saturated heterocycles. The molecule has 0 saturated carbocycles. The van der Waals surface area contributed by atoms with Gasteiger partial charge in [0.2, 0.25) is 5.91 Å². The lowest BCUT2D eigenvalue weighted by molar-refractivity contribution is -0.141. The third kappa shape index (κ3) is 4.65. The average molecular weight is 299 g/mol. The molecule has 1 rings (SSSR count). The van der Waals surface area contributed by atoms with Gasteiger partial charge in [0, 0.05) is 12.1 Å². The third-order valence-electron chi connectivity index (χ3n) is 2.66. The molecule has 0 aliphatic carbocycles. The molecule has 0 aromatic heterocycles. The van der Waals surface area contributed by atoms with Crippen LogP contribution in [0, 0.1) is 0 Å². The van der Waals surface area contributed by atoms with Crippen LogP contribution >= 0.6 is 0 Å². The van der Waals surface area contributed by atoms with Gasteiger partial charge in [-0.05, 0) is 24.3 Å². The number of benzene rings is 1. The molecule has 0 spiro atoms. The van der Waals surface area contributed by atoms with E-state index in [1.165, 1.54) is 31.4 Å². The highest BCUT2D eigenvalue weighted by atomic mass is 32.2. The lowest BCUT2D eigenvalue weighted by Gasteiger charge is -2.06. The Kier molecular flexibility index (Phi) is 5.69. The molecule has 0 fully saturated rings. The van der Waals surface area contributed by atoms with Crippen molar-refractivity contribution in [2.75, 3.05) is 18.2 Å². The van der Waals surface area contributed by atoms with Crippen LogP contribution in [0.2, 0.25) is 0 Å². The van der Waals surface area contributed by atoms with E-state index in [4.69, 9.17) is 0 Å². The highest BCUT2D eigenvalue weighted by molar-refractivity contribution is 7.91. The fourth-order valence-electron chi connectivity index (χ4n) is 1.45. The monoisotopic (exact) mass is 299 g/mol. The first-order chi connectivity index (χ1) is 9.39. The fourth-order valence-corrected chi connectivity index (χ4v) is 2.34. The van der Waals surface area contributed by atoms with Crippen molar-refractivity contribution in [1.82, 2.24) is 0 Å². The molecule has 0 radical (unpaired) electrons. The molecule has 6 nitrogen and oxygen atoms in total. The molecule has 20 heavy (non-hydrogen) atoms. The smallest absolute Gasteiger partial charge is 0.306 e. The Labute approximate surface area is 118 Å². The Morgan fingerprint density at radius 1 is 1.15 bits per heavy atom. The van der Waals surface area contributed by atoms with E-state index < -0.39 is 15.8 Å². The van der Waals surface area contributed by atoms with Crippen molar-refractivity contribution in [1.29, 1.82) is 0 Å². The van der Waals surface area contributed by atoms with Gasteiger partial charge >= 0.3 is 5.97 Å². The predicted molar refractivity (Wildman–Crippen MR) is 74.0 cm³/mol. The van der Waals surface area contributed by atoms with Crippen molar-refractivity contribution in [2.24, 2.45) is 0 Å². The first-order valence-electron chi connectivity index (χ1n) is 6.08. The molecule has 7 heteroatoms. The summed E-state index contributed by atoms with van der Waals surface area (Å²) >= 11 is 0. The van der Waals surface area contributed by atoms with Crippen molar-refractivity contribution in [3.8, 4) is 0 Å². The number of ether oxygens (including phenoxy) is 1. The second kappa shape index (κ2) is 7.04. The molecule has 1 amide bonds. The van der Waals surface area contributed by atoms with Crippen molar-refractivity contribution in [2.45, 2.75) is 24.7 Å². The van der Waals surface area contributed by atoms with Gasteiger partial charge in [0.1, 0.15) is 0 Å². The highest BCUT2D eigenvalue weighted by Gasteiger charge is 2.11. The second-order valence-electron chi connectivity index (χ2n) is 4.05. The summed E-state index contributed by atoms with van der Waals surface area (Å²) < 4.78 is 27.6. The number of amides is 1. The summed E-state index contributed by atoms with van der Waals surface area (Å²) in [7, 11) is -1.99. The molecule has 0 aliphatic rings. The average Bonchev–Trinajstić information content (AvgIpc) is 2.45. The first kappa shape index (κ1) is 16.2. The summed E-state index contributed by atoms with van der Waals surface area (Å²) in [6.45, 7) is 1.57. The van der Waals surface area contributed by atoms with Crippen LogP contribution in [0.5, 0.6) is 0 Å². The number of hydrogen-bond acceptors (Lipinski definition) is 5. The number of rotatable bonds is 6. The quantitative estimate of drug-likeness (QED) is 0.801. The van der Waals surface area contributed by atoms with E-state index >= 15 is 0 Å². The van der Waals surface area contributed by atoms with Gasteiger partial charge in [0.25, 0.3) is 0 Å². The van der Waals surface area contributed by atoms with Crippen LogP contribution in [0.1, 0.15) is 19.8 Å². The molecule has 0 heterocycles. The van der Waals surface area contributed by atoms with Crippen LogP contribution in [0.4, 0.5) is 5.69 Å². The second-order valence-corrected chi connectivity index (χ2v) is 6.33. The van der Waals surface area contributed by atoms with Crippen molar-refractivity contribution < 1.29 is 22.7 Å². The Balaban J connectivity index is 2.62. The van der Waals surface area contributed by atoms with Gasteiger partial charge in [-0.1, -0.05) is 6.92 Å². The SMILES string of the molecule is CCS(=O)(=O)c1ccc(NC(=O)CCC(=O)OC)cc1. The minimum Gasteiger partial charge on any atom is -0.469 e. The Morgan fingerprint density at radius 3 is 2.25 bits per heavy atom. The first-order valence-corrected chi connectivity index (χ1v) is 7.73. The molecule has 1 N–H and O–H groups in total. The van der Waals surface area contributed by atoms with Crippen molar-refractivity contribution in [3.63, 3.8) is 0 Å². The van der Waals surface area contributed by atoms with Crippen LogP contribution < -0.4 is 5.32 Å². The standard InChI is InChI=1S/C13H17NO5S/c1-3-20(17,18)11-6-4-10(5-7-11)14-12(15)8-9-13(16)19-2/h4-7H,3,8-9H2,1-2H3,(H,14,15). The van der Waals surface area contributed by atoms with Gasteiger partial charge in [-0.15, -0.1) is 0 Å². The number of hydrogen-bond donors (Lipinski definition) is 1. The molecular formula is C13H17NO5S. The summed E-state index contributed by atoms with van der Waals surface area (Å²) in [5, 5.41) is 2.58. The minimum absolute atomic E-state index is 0.00459. The number of esters is 1. The van der Waals surface area contributed by atoms with Gasteiger partial charge in [0.15, 0.2) is 9.84 Å². The van der Waals surface area contributed by atoms with E-state index in [-0.39, 0.29) is 29.4 Å². The van der Waals surface area contributed by atoms with Gasteiger partial charge in [-0.2, -0.15) is 0 Å². The number of carbonyl (C=O) groups excluding carboxylic acids is 2. The Bertz CT molecular complexity index is 577. The summed E-state index contributed by atoms with van der Waals surface area (Å²) in [6, 6.07) is 5.90. The number of carbonyl (C=O) groups is 2. The van der Waals surface area contributed by atoms with E-state index in [0.29, 0.717) is 5.69 Å². The number of methoxy groups -OCH3 is 1. The van der Waals surface area contributed by atoms with Gasteiger partial charge in [0.05, 0.1) is 24.2 Å². The lowest BCUT2D eigenvalue weighted by atomic mass is 10.2. The number of nitrogens with one attached hydrogen (secondary N) is 1. The largest absolute Gasteiger partial charge is 0.469 e.